The lowest BCUT2D eigenvalue weighted by molar-refractivity contribution is -0.385. The topological polar surface area (TPSA) is 92.9 Å². The number of nitrogens with zero attached hydrogens (tertiary/aromatic N) is 2. The van der Waals surface area contributed by atoms with Crippen molar-refractivity contribution in [2.24, 2.45) is 5.73 Å². The molecule has 76 valence electrons. The first kappa shape index (κ1) is 10.7. The molecule has 0 bridgehead atoms. The van der Waals surface area contributed by atoms with Gasteiger partial charge in [-0.3, -0.25) is 10.1 Å². The van der Waals surface area contributed by atoms with Crippen molar-refractivity contribution in [1.29, 1.82) is 5.26 Å². The van der Waals surface area contributed by atoms with E-state index >= 15 is 0 Å². The van der Waals surface area contributed by atoms with E-state index in [0.717, 1.165) is 11.6 Å². The van der Waals surface area contributed by atoms with Gasteiger partial charge in [-0.1, -0.05) is 6.07 Å². The van der Waals surface area contributed by atoms with E-state index in [2.05, 4.69) is 0 Å². The fraction of sp³-hybridized carbons (Fsp3) is 0.100. The van der Waals surface area contributed by atoms with E-state index in [1.165, 1.54) is 6.07 Å². The Labute approximate surface area is 86.6 Å². The van der Waals surface area contributed by atoms with Crippen molar-refractivity contribution in [2.45, 2.75) is 6.92 Å². The summed E-state index contributed by atoms with van der Waals surface area (Å²) >= 11 is 0. The minimum absolute atomic E-state index is 0.0930. The van der Waals surface area contributed by atoms with Gasteiger partial charge in [-0.05, 0) is 18.6 Å². The molecule has 0 unspecified atom stereocenters. The Morgan fingerprint density at radius 1 is 1.67 bits per heavy atom. The van der Waals surface area contributed by atoms with Gasteiger partial charge < -0.3 is 5.73 Å². The molecule has 2 N–H and O–H groups in total. The van der Waals surface area contributed by atoms with Crippen LogP contribution in [0.4, 0.5) is 5.69 Å². The minimum Gasteiger partial charge on any atom is -0.397 e. The Balaban J connectivity index is 3.38. The summed E-state index contributed by atoms with van der Waals surface area (Å²) in [7, 11) is 0. The number of aryl methyl sites for hydroxylation is 1. The maximum absolute atomic E-state index is 10.7. The van der Waals surface area contributed by atoms with E-state index in [1.807, 2.05) is 0 Å². The van der Waals surface area contributed by atoms with Gasteiger partial charge in [0.25, 0.3) is 5.69 Å². The molecule has 0 saturated heterocycles. The van der Waals surface area contributed by atoms with Crippen LogP contribution in [0, 0.1) is 28.4 Å². The van der Waals surface area contributed by atoms with E-state index in [-0.39, 0.29) is 16.9 Å². The van der Waals surface area contributed by atoms with Crippen LogP contribution in [0.5, 0.6) is 0 Å². The smallest absolute Gasteiger partial charge is 0.278 e. The third kappa shape index (κ3) is 2.31. The number of hydrogen-bond acceptors (Lipinski definition) is 4. The first-order chi connectivity index (χ1) is 7.06. The molecular weight excluding hydrogens is 194 g/mol. The van der Waals surface area contributed by atoms with Gasteiger partial charge in [0.1, 0.15) is 0 Å². The maximum Gasteiger partial charge on any atom is 0.278 e. The lowest BCUT2D eigenvalue weighted by Crippen LogP contribution is -2.01. The molecule has 0 aromatic heterocycles. The van der Waals surface area contributed by atoms with Crippen LogP contribution in [0.3, 0.4) is 0 Å². The Morgan fingerprint density at radius 3 is 2.87 bits per heavy atom. The highest BCUT2D eigenvalue weighted by atomic mass is 16.6. The highest BCUT2D eigenvalue weighted by Gasteiger charge is 2.14. The summed E-state index contributed by atoms with van der Waals surface area (Å²) < 4.78 is 0. The number of benzene rings is 1. The zero-order valence-electron chi connectivity index (χ0n) is 8.10. The summed E-state index contributed by atoms with van der Waals surface area (Å²) in [5, 5.41) is 19.1. The van der Waals surface area contributed by atoms with Gasteiger partial charge in [0.2, 0.25) is 0 Å². The summed E-state index contributed by atoms with van der Waals surface area (Å²) in [5.41, 5.74) is 6.69. The zero-order valence-corrected chi connectivity index (χ0v) is 8.10. The normalized spacial score (nSPS) is 10.8. The molecule has 5 nitrogen and oxygen atoms in total. The number of nitriles is 1. The van der Waals surface area contributed by atoms with Gasteiger partial charge in [0.05, 0.1) is 22.3 Å². The van der Waals surface area contributed by atoms with Crippen molar-refractivity contribution in [3.63, 3.8) is 0 Å². The van der Waals surface area contributed by atoms with Gasteiger partial charge >= 0.3 is 0 Å². The lowest BCUT2D eigenvalue weighted by atomic mass is 10.1. The van der Waals surface area contributed by atoms with Gasteiger partial charge in [-0.15, -0.1) is 0 Å². The molecule has 0 heterocycles. The SMILES string of the molecule is Cc1ccc([N+](=O)[O-])c(/C(N)=C/C#N)c1. The van der Waals surface area contributed by atoms with E-state index in [9.17, 15) is 10.1 Å². The van der Waals surface area contributed by atoms with Gasteiger partial charge in [-0.2, -0.15) is 5.26 Å². The number of allylic oxidation sites excluding steroid dienone is 1. The average Bonchev–Trinajstić information content (AvgIpc) is 2.17. The predicted octanol–water partition coefficient (Wildman–Crippen LogP) is 1.73. The van der Waals surface area contributed by atoms with Crippen LogP contribution in [0.2, 0.25) is 0 Å². The molecule has 1 rings (SSSR count). The lowest BCUT2D eigenvalue weighted by Gasteiger charge is -2.03. The molecule has 0 aliphatic carbocycles. The number of hydrogen-bond donors (Lipinski definition) is 1. The van der Waals surface area contributed by atoms with Crippen LogP contribution in [0.25, 0.3) is 5.70 Å². The molecule has 1 aromatic carbocycles. The summed E-state index contributed by atoms with van der Waals surface area (Å²) in [6.07, 6.45) is 1.09. The molecule has 1 aromatic rings. The third-order valence-corrected chi connectivity index (χ3v) is 1.88. The fourth-order valence-corrected chi connectivity index (χ4v) is 1.19. The standard InChI is InChI=1S/C10H9N3O2/c1-7-2-3-10(13(14)15)8(6-7)9(12)4-5-11/h2-4,6H,12H2,1H3/b9-4-. The van der Waals surface area contributed by atoms with Crippen molar-refractivity contribution in [2.75, 3.05) is 0 Å². The highest BCUT2D eigenvalue weighted by Crippen LogP contribution is 2.24. The minimum atomic E-state index is -0.521. The second-order valence-corrected chi connectivity index (χ2v) is 3.01. The Kier molecular flexibility index (Phi) is 3.03. The molecular formula is C10H9N3O2. The quantitative estimate of drug-likeness (QED) is 0.450. The summed E-state index contributed by atoms with van der Waals surface area (Å²) in [6.45, 7) is 1.80. The predicted molar refractivity (Wildman–Crippen MR) is 55.6 cm³/mol. The van der Waals surface area contributed by atoms with Crippen LogP contribution >= 0.6 is 0 Å². The van der Waals surface area contributed by atoms with Crippen molar-refractivity contribution in [3.05, 3.63) is 45.5 Å². The first-order valence-corrected chi connectivity index (χ1v) is 4.17. The van der Waals surface area contributed by atoms with Crippen LogP contribution < -0.4 is 5.73 Å². The highest BCUT2D eigenvalue weighted by molar-refractivity contribution is 5.72. The molecule has 0 saturated carbocycles. The number of nitro groups is 1. The van der Waals surface area contributed by atoms with Crippen molar-refractivity contribution >= 4 is 11.4 Å². The summed E-state index contributed by atoms with van der Waals surface area (Å²) in [4.78, 5) is 10.2. The van der Waals surface area contributed by atoms with Gasteiger partial charge in [0.15, 0.2) is 0 Å². The summed E-state index contributed by atoms with van der Waals surface area (Å²) in [6, 6.07) is 6.33. The Morgan fingerprint density at radius 2 is 2.33 bits per heavy atom. The monoisotopic (exact) mass is 203 g/mol. The Hall–Kier alpha value is -2.35. The molecule has 0 spiro atoms. The van der Waals surface area contributed by atoms with E-state index < -0.39 is 4.92 Å². The van der Waals surface area contributed by atoms with Crippen molar-refractivity contribution in [3.8, 4) is 6.07 Å². The molecule has 0 radical (unpaired) electrons. The van der Waals surface area contributed by atoms with Gasteiger partial charge in [-0.25, -0.2) is 0 Å². The van der Waals surface area contributed by atoms with Crippen LogP contribution in [-0.2, 0) is 0 Å². The van der Waals surface area contributed by atoms with Crippen LogP contribution in [-0.4, -0.2) is 4.92 Å². The van der Waals surface area contributed by atoms with Gasteiger partial charge in [0, 0.05) is 12.1 Å². The molecule has 0 aliphatic heterocycles. The first-order valence-electron chi connectivity index (χ1n) is 4.17. The average molecular weight is 203 g/mol. The number of nitrogens with two attached hydrogens (primary N) is 1. The summed E-state index contributed by atoms with van der Waals surface area (Å²) in [5.74, 6) is 0. The van der Waals surface area contributed by atoms with Crippen molar-refractivity contribution < 1.29 is 4.92 Å². The molecule has 0 aliphatic rings. The largest absolute Gasteiger partial charge is 0.397 e. The molecule has 0 atom stereocenters. The zero-order chi connectivity index (χ0) is 11.4. The third-order valence-electron chi connectivity index (χ3n) is 1.88. The maximum atomic E-state index is 10.7. The second kappa shape index (κ2) is 4.24. The van der Waals surface area contributed by atoms with Crippen molar-refractivity contribution in [1.82, 2.24) is 0 Å². The number of rotatable bonds is 2. The molecule has 5 heteroatoms. The van der Waals surface area contributed by atoms with Crippen LogP contribution in [0.15, 0.2) is 24.3 Å². The van der Waals surface area contributed by atoms with E-state index in [4.69, 9.17) is 11.0 Å². The fourth-order valence-electron chi connectivity index (χ4n) is 1.19. The molecule has 15 heavy (non-hydrogen) atoms. The van der Waals surface area contributed by atoms with Crippen LogP contribution in [0.1, 0.15) is 11.1 Å². The molecule has 0 fully saturated rings. The second-order valence-electron chi connectivity index (χ2n) is 3.01. The Bertz CT molecular complexity index is 472. The van der Waals surface area contributed by atoms with E-state index in [0.29, 0.717) is 0 Å². The number of nitro benzene ring substituents is 1. The van der Waals surface area contributed by atoms with E-state index in [1.54, 1.807) is 25.1 Å². The molecule has 0 amide bonds.